The Kier molecular flexibility index (Phi) is 4.20. The molecule has 0 spiro atoms. The number of rotatable bonds is 3. The molecule has 19 heavy (non-hydrogen) atoms. The van der Waals surface area contributed by atoms with Crippen LogP contribution in [0.3, 0.4) is 0 Å². The van der Waals surface area contributed by atoms with Crippen LogP contribution < -0.4 is 4.90 Å². The van der Waals surface area contributed by atoms with E-state index in [1.165, 1.54) is 0 Å². The Hall–Kier alpha value is -1.84. The molecule has 0 aliphatic heterocycles. The molecule has 102 valence electrons. The minimum absolute atomic E-state index is 0.0849. The molecular formula is C15H19NO3. The van der Waals surface area contributed by atoms with Crippen molar-refractivity contribution in [2.75, 3.05) is 11.9 Å². The zero-order valence-corrected chi connectivity index (χ0v) is 11.1. The number of hydrogen-bond acceptors (Lipinski definition) is 2. The molecule has 1 N–H and O–H groups in total. The van der Waals surface area contributed by atoms with Crippen molar-refractivity contribution in [1.29, 1.82) is 0 Å². The van der Waals surface area contributed by atoms with Crippen LogP contribution in [0.25, 0.3) is 0 Å². The number of para-hydroxylation sites is 1. The highest BCUT2D eigenvalue weighted by atomic mass is 16.4. The first-order chi connectivity index (χ1) is 9.11. The van der Waals surface area contributed by atoms with Crippen molar-refractivity contribution in [3.05, 3.63) is 30.3 Å². The van der Waals surface area contributed by atoms with E-state index >= 15 is 0 Å². The van der Waals surface area contributed by atoms with Gasteiger partial charge in [-0.1, -0.05) is 31.0 Å². The second-order valence-electron chi connectivity index (χ2n) is 5.07. The summed E-state index contributed by atoms with van der Waals surface area (Å²) in [4.78, 5) is 25.3. The molecule has 2 rings (SSSR count). The molecule has 0 aromatic heterocycles. The summed E-state index contributed by atoms with van der Waals surface area (Å²) >= 11 is 0. The van der Waals surface area contributed by atoms with Crippen LogP contribution in [0.4, 0.5) is 5.69 Å². The topological polar surface area (TPSA) is 57.6 Å². The minimum Gasteiger partial charge on any atom is -0.481 e. The molecule has 1 saturated carbocycles. The number of carbonyl (C=O) groups is 2. The van der Waals surface area contributed by atoms with Crippen molar-refractivity contribution >= 4 is 17.6 Å². The Morgan fingerprint density at radius 3 is 2.26 bits per heavy atom. The zero-order valence-electron chi connectivity index (χ0n) is 11.1. The number of carboxylic acids is 1. The van der Waals surface area contributed by atoms with E-state index in [0.29, 0.717) is 12.8 Å². The van der Waals surface area contributed by atoms with Gasteiger partial charge in [-0.25, -0.2) is 0 Å². The molecule has 1 aliphatic rings. The van der Waals surface area contributed by atoms with Crippen LogP contribution in [0.15, 0.2) is 30.3 Å². The summed E-state index contributed by atoms with van der Waals surface area (Å²) in [5.74, 6) is -1.86. The molecule has 1 aliphatic carbocycles. The Morgan fingerprint density at radius 1 is 1.11 bits per heavy atom. The van der Waals surface area contributed by atoms with Gasteiger partial charge in [0.1, 0.15) is 0 Å². The lowest BCUT2D eigenvalue weighted by Crippen LogP contribution is -2.40. The summed E-state index contributed by atoms with van der Waals surface area (Å²) in [7, 11) is 1.71. The predicted octanol–water partition coefficient (Wildman–Crippen LogP) is 2.54. The summed E-state index contributed by atoms with van der Waals surface area (Å²) in [5.41, 5.74) is 0.808. The molecule has 4 heteroatoms. The van der Waals surface area contributed by atoms with Gasteiger partial charge in [0.25, 0.3) is 0 Å². The molecule has 0 bridgehead atoms. The Balaban J connectivity index is 2.15. The average Bonchev–Trinajstić information content (AvgIpc) is 2.46. The third kappa shape index (κ3) is 2.95. The lowest BCUT2D eigenvalue weighted by atomic mass is 9.78. The maximum Gasteiger partial charge on any atom is 0.307 e. The highest BCUT2D eigenvalue weighted by Gasteiger charge is 2.37. The van der Waals surface area contributed by atoms with Gasteiger partial charge in [-0.05, 0) is 25.0 Å². The molecular weight excluding hydrogens is 242 g/mol. The summed E-state index contributed by atoms with van der Waals surface area (Å²) < 4.78 is 0. The van der Waals surface area contributed by atoms with Gasteiger partial charge in [0.2, 0.25) is 5.91 Å². The first-order valence-corrected chi connectivity index (χ1v) is 6.66. The lowest BCUT2D eigenvalue weighted by molar-refractivity contribution is -0.148. The number of amides is 1. The number of hydrogen-bond donors (Lipinski definition) is 1. The van der Waals surface area contributed by atoms with Gasteiger partial charge in [-0.2, -0.15) is 0 Å². The van der Waals surface area contributed by atoms with Crippen LogP contribution in [0.2, 0.25) is 0 Å². The molecule has 1 aromatic rings. The second kappa shape index (κ2) is 5.87. The van der Waals surface area contributed by atoms with Gasteiger partial charge in [0, 0.05) is 12.7 Å². The number of aliphatic carboxylic acids is 1. The normalized spacial score (nSPS) is 22.8. The summed E-state index contributed by atoms with van der Waals surface area (Å²) in [5, 5.41) is 9.24. The monoisotopic (exact) mass is 261 g/mol. The number of anilines is 1. The molecule has 0 heterocycles. The van der Waals surface area contributed by atoms with Crippen molar-refractivity contribution in [3.8, 4) is 0 Å². The van der Waals surface area contributed by atoms with Crippen LogP contribution in [-0.2, 0) is 9.59 Å². The zero-order chi connectivity index (χ0) is 13.8. The van der Waals surface area contributed by atoms with E-state index in [9.17, 15) is 14.7 Å². The maximum absolute atomic E-state index is 12.5. The number of benzene rings is 1. The first kappa shape index (κ1) is 13.6. The molecule has 0 radical (unpaired) electrons. The number of carbonyl (C=O) groups excluding carboxylic acids is 1. The van der Waals surface area contributed by atoms with E-state index in [-0.39, 0.29) is 5.91 Å². The van der Waals surface area contributed by atoms with E-state index in [4.69, 9.17) is 0 Å². The molecule has 1 amide bonds. The van der Waals surface area contributed by atoms with Crippen LogP contribution in [0, 0.1) is 11.8 Å². The van der Waals surface area contributed by atoms with Crippen molar-refractivity contribution in [1.82, 2.24) is 0 Å². The second-order valence-corrected chi connectivity index (χ2v) is 5.07. The largest absolute Gasteiger partial charge is 0.481 e. The van der Waals surface area contributed by atoms with Crippen LogP contribution in [-0.4, -0.2) is 24.0 Å². The predicted molar refractivity (Wildman–Crippen MR) is 72.9 cm³/mol. The quantitative estimate of drug-likeness (QED) is 0.909. The van der Waals surface area contributed by atoms with Crippen molar-refractivity contribution < 1.29 is 14.7 Å². The molecule has 0 saturated heterocycles. The number of carboxylic acid groups (broad SMARTS) is 1. The van der Waals surface area contributed by atoms with Crippen LogP contribution in [0.5, 0.6) is 0 Å². The molecule has 1 fully saturated rings. The fourth-order valence-electron chi connectivity index (χ4n) is 2.75. The summed E-state index contributed by atoms with van der Waals surface area (Å²) in [6.07, 6.45) is 3.11. The molecule has 2 atom stereocenters. The van der Waals surface area contributed by atoms with Crippen molar-refractivity contribution in [3.63, 3.8) is 0 Å². The fourth-order valence-corrected chi connectivity index (χ4v) is 2.75. The molecule has 0 unspecified atom stereocenters. The molecule has 1 aromatic carbocycles. The highest BCUT2D eigenvalue weighted by Crippen LogP contribution is 2.32. The van der Waals surface area contributed by atoms with Crippen LogP contribution >= 0.6 is 0 Å². The Morgan fingerprint density at radius 2 is 1.68 bits per heavy atom. The summed E-state index contributed by atoms with van der Waals surface area (Å²) in [6, 6.07) is 9.35. The number of nitrogens with zero attached hydrogens (tertiary/aromatic N) is 1. The van der Waals surface area contributed by atoms with Crippen LogP contribution in [0.1, 0.15) is 25.7 Å². The van der Waals surface area contributed by atoms with Gasteiger partial charge >= 0.3 is 5.97 Å². The Bertz CT molecular complexity index is 458. The average molecular weight is 261 g/mol. The van der Waals surface area contributed by atoms with E-state index in [1.807, 2.05) is 30.3 Å². The fraction of sp³-hybridized carbons (Fsp3) is 0.467. The van der Waals surface area contributed by atoms with Gasteiger partial charge in [0.05, 0.1) is 11.8 Å². The molecule has 4 nitrogen and oxygen atoms in total. The van der Waals surface area contributed by atoms with E-state index < -0.39 is 17.8 Å². The van der Waals surface area contributed by atoms with Gasteiger partial charge < -0.3 is 10.0 Å². The van der Waals surface area contributed by atoms with E-state index in [2.05, 4.69) is 0 Å². The third-order valence-corrected chi connectivity index (χ3v) is 3.87. The SMILES string of the molecule is CN(C(=O)[C@H]1CCCC[C@@H]1C(=O)O)c1ccccc1. The maximum atomic E-state index is 12.5. The van der Waals surface area contributed by atoms with Crippen molar-refractivity contribution in [2.24, 2.45) is 11.8 Å². The van der Waals surface area contributed by atoms with Crippen molar-refractivity contribution in [2.45, 2.75) is 25.7 Å². The standard InChI is InChI=1S/C15H19NO3/c1-16(11-7-3-2-4-8-11)14(17)12-9-5-6-10-13(12)15(18)19/h2-4,7-8,12-13H,5-6,9-10H2,1H3,(H,18,19)/t12-,13-/m0/s1. The Labute approximate surface area is 113 Å². The van der Waals surface area contributed by atoms with Gasteiger partial charge in [-0.15, -0.1) is 0 Å². The van der Waals surface area contributed by atoms with Gasteiger partial charge in [0.15, 0.2) is 0 Å². The summed E-state index contributed by atoms with van der Waals surface area (Å²) in [6.45, 7) is 0. The van der Waals surface area contributed by atoms with E-state index in [0.717, 1.165) is 18.5 Å². The third-order valence-electron chi connectivity index (χ3n) is 3.87. The smallest absolute Gasteiger partial charge is 0.307 e. The minimum atomic E-state index is -0.848. The lowest BCUT2D eigenvalue weighted by Gasteiger charge is -2.31. The van der Waals surface area contributed by atoms with Gasteiger partial charge in [-0.3, -0.25) is 9.59 Å². The first-order valence-electron chi connectivity index (χ1n) is 6.66. The highest BCUT2D eigenvalue weighted by molar-refractivity contribution is 5.96. The van der Waals surface area contributed by atoms with E-state index in [1.54, 1.807) is 11.9 Å².